The van der Waals surface area contributed by atoms with Gasteiger partial charge in [0.1, 0.15) is 0 Å². The topological polar surface area (TPSA) is 44.5 Å². The van der Waals surface area contributed by atoms with Crippen LogP contribution in [0.2, 0.25) is 10.0 Å². The van der Waals surface area contributed by atoms with E-state index >= 15 is 0 Å². The Hall–Kier alpha value is -0.640. The van der Waals surface area contributed by atoms with E-state index in [9.17, 15) is 0 Å². The van der Waals surface area contributed by atoms with E-state index in [1.165, 1.54) is 7.11 Å². The lowest BCUT2D eigenvalue weighted by molar-refractivity contribution is 0.0513. The number of benzene rings is 1. The van der Waals surface area contributed by atoms with Gasteiger partial charge < -0.3 is 15.2 Å². The van der Waals surface area contributed by atoms with Crippen LogP contribution in [0.25, 0.3) is 0 Å². The highest BCUT2D eigenvalue weighted by Crippen LogP contribution is 2.34. The van der Waals surface area contributed by atoms with Gasteiger partial charge in [0.2, 0.25) is 0 Å². The van der Waals surface area contributed by atoms with Gasteiger partial charge in [-0.15, -0.1) is 0 Å². The normalized spacial score (nSPS) is 10.1. The van der Waals surface area contributed by atoms with Crippen molar-refractivity contribution in [2.45, 2.75) is 0 Å². The highest BCUT2D eigenvalue weighted by molar-refractivity contribution is 6.37. The van der Waals surface area contributed by atoms with Gasteiger partial charge >= 0.3 is 0 Å². The minimum Gasteiger partial charge on any atom is -0.464 e. The van der Waals surface area contributed by atoms with Crippen molar-refractivity contribution in [3.63, 3.8) is 0 Å². The standard InChI is InChI=1S/C8H9Cl2NO2/c1-12-4-13-8-6(9)2-5(11)3-7(8)10/h2-3H,4,11H2,1H3. The summed E-state index contributed by atoms with van der Waals surface area (Å²) in [7, 11) is 1.51. The van der Waals surface area contributed by atoms with E-state index in [0.29, 0.717) is 21.5 Å². The summed E-state index contributed by atoms with van der Waals surface area (Å²) in [6, 6.07) is 3.14. The quantitative estimate of drug-likeness (QED) is 0.631. The number of hydrogen-bond donors (Lipinski definition) is 1. The van der Waals surface area contributed by atoms with Crippen LogP contribution in [0.5, 0.6) is 5.75 Å². The number of nitrogen functional groups attached to an aromatic ring is 1. The lowest BCUT2D eigenvalue weighted by Gasteiger charge is -2.09. The summed E-state index contributed by atoms with van der Waals surface area (Å²) in [5.41, 5.74) is 6.00. The fourth-order valence-corrected chi connectivity index (χ4v) is 1.45. The maximum atomic E-state index is 5.83. The smallest absolute Gasteiger partial charge is 0.188 e. The van der Waals surface area contributed by atoms with E-state index < -0.39 is 0 Å². The second kappa shape index (κ2) is 4.56. The average molecular weight is 222 g/mol. The van der Waals surface area contributed by atoms with Crippen LogP contribution in [0.3, 0.4) is 0 Å². The molecule has 1 rings (SSSR count). The molecular formula is C8H9Cl2NO2. The minimum atomic E-state index is 0.101. The molecule has 13 heavy (non-hydrogen) atoms. The molecule has 0 radical (unpaired) electrons. The molecule has 3 nitrogen and oxygen atoms in total. The molecule has 0 saturated carbocycles. The van der Waals surface area contributed by atoms with E-state index in [-0.39, 0.29) is 6.79 Å². The molecule has 0 aromatic heterocycles. The van der Waals surface area contributed by atoms with Gasteiger partial charge in [0.15, 0.2) is 12.5 Å². The first-order valence-corrected chi connectivity index (χ1v) is 4.27. The second-order valence-corrected chi connectivity index (χ2v) is 3.18. The summed E-state index contributed by atoms with van der Waals surface area (Å²) in [4.78, 5) is 0. The highest BCUT2D eigenvalue weighted by Gasteiger charge is 2.07. The lowest BCUT2D eigenvalue weighted by atomic mass is 10.3. The molecule has 0 spiro atoms. The number of nitrogens with two attached hydrogens (primary N) is 1. The Bertz CT molecular complexity index is 281. The Kier molecular flexibility index (Phi) is 3.66. The molecule has 0 aliphatic carbocycles. The third kappa shape index (κ3) is 2.66. The summed E-state index contributed by atoms with van der Waals surface area (Å²) in [5.74, 6) is 0.388. The molecule has 0 amide bonds. The van der Waals surface area contributed by atoms with Gasteiger partial charge in [-0.3, -0.25) is 0 Å². The number of anilines is 1. The first-order chi connectivity index (χ1) is 6.15. The number of hydrogen-bond acceptors (Lipinski definition) is 3. The van der Waals surface area contributed by atoms with Gasteiger partial charge in [0, 0.05) is 12.8 Å². The Morgan fingerprint density at radius 2 is 1.85 bits per heavy atom. The van der Waals surface area contributed by atoms with Crippen LogP contribution in [-0.2, 0) is 4.74 Å². The number of methoxy groups -OCH3 is 1. The summed E-state index contributed by atoms with van der Waals surface area (Å²) in [5, 5.41) is 0.754. The molecule has 0 unspecified atom stereocenters. The van der Waals surface area contributed by atoms with Gasteiger partial charge in [0.25, 0.3) is 0 Å². The Morgan fingerprint density at radius 1 is 1.31 bits per heavy atom. The van der Waals surface area contributed by atoms with Gasteiger partial charge in [-0.25, -0.2) is 0 Å². The summed E-state index contributed by atoms with van der Waals surface area (Å²) >= 11 is 11.7. The molecule has 0 fully saturated rings. The predicted molar refractivity (Wildman–Crippen MR) is 53.4 cm³/mol. The van der Waals surface area contributed by atoms with Gasteiger partial charge in [-0.1, -0.05) is 23.2 Å². The molecule has 0 atom stereocenters. The molecule has 0 heterocycles. The van der Waals surface area contributed by atoms with Crippen molar-refractivity contribution in [3.05, 3.63) is 22.2 Å². The molecule has 0 bridgehead atoms. The molecule has 1 aromatic rings. The third-order valence-corrected chi connectivity index (χ3v) is 1.90. The molecule has 1 aromatic carbocycles. The predicted octanol–water partition coefficient (Wildman–Crippen LogP) is 2.56. The fraction of sp³-hybridized carbons (Fsp3) is 0.250. The monoisotopic (exact) mass is 221 g/mol. The van der Waals surface area contributed by atoms with Crippen LogP contribution < -0.4 is 10.5 Å². The van der Waals surface area contributed by atoms with E-state index in [1.807, 2.05) is 0 Å². The van der Waals surface area contributed by atoms with Crippen LogP contribution in [0, 0.1) is 0 Å². The molecule has 2 N–H and O–H groups in total. The summed E-state index contributed by atoms with van der Waals surface area (Å²) in [6.45, 7) is 0.101. The van der Waals surface area contributed by atoms with Crippen LogP contribution in [-0.4, -0.2) is 13.9 Å². The molecule has 72 valence electrons. The Morgan fingerprint density at radius 3 is 2.31 bits per heavy atom. The zero-order chi connectivity index (χ0) is 9.84. The Labute approximate surface area is 86.3 Å². The van der Waals surface area contributed by atoms with Crippen molar-refractivity contribution in [2.24, 2.45) is 0 Å². The van der Waals surface area contributed by atoms with Crippen LogP contribution in [0.15, 0.2) is 12.1 Å². The largest absolute Gasteiger partial charge is 0.464 e. The third-order valence-electron chi connectivity index (χ3n) is 1.34. The highest BCUT2D eigenvalue weighted by atomic mass is 35.5. The Balaban J connectivity index is 2.92. The summed E-state index contributed by atoms with van der Waals surface area (Å²) < 4.78 is 9.85. The first kappa shape index (κ1) is 10.4. The zero-order valence-corrected chi connectivity index (χ0v) is 8.52. The molecule has 0 aliphatic heterocycles. The van der Waals surface area contributed by atoms with Gasteiger partial charge in [-0.05, 0) is 12.1 Å². The van der Waals surface area contributed by atoms with E-state index in [1.54, 1.807) is 12.1 Å². The van der Waals surface area contributed by atoms with E-state index in [2.05, 4.69) is 0 Å². The number of ether oxygens (including phenoxy) is 2. The van der Waals surface area contributed by atoms with Gasteiger partial charge in [0.05, 0.1) is 10.0 Å². The van der Waals surface area contributed by atoms with E-state index in [4.69, 9.17) is 38.4 Å². The van der Waals surface area contributed by atoms with Crippen molar-refractivity contribution in [2.75, 3.05) is 19.6 Å². The average Bonchev–Trinajstić information content (AvgIpc) is 2.02. The lowest BCUT2D eigenvalue weighted by Crippen LogP contribution is -2.00. The van der Waals surface area contributed by atoms with Crippen LogP contribution >= 0.6 is 23.2 Å². The summed E-state index contributed by atoms with van der Waals surface area (Å²) in [6.07, 6.45) is 0. The number of rotatable bonds is 3. The van der Waals surface area contributed by atoms with Crippen molar-refractivity contribution in [1.82, 2.24) is 0 Å². The molecular weight excluding hydrogens is 213 g/mol. The maximum Gasteiger partial charge on any atom is 0.188 e. The molecule has 0 saturated heterocycles. The first-order valence-electron chi connectivity index (χ1n) is 3.51. The van der Waals surface area contributed by atoms with Crippen molar-refractivity contribution >= 4 is 28.9 Å². The molecule has 5 heteroatoms. The zero-order valence-electron chi connectivity index (χ0n) is 7.01. The second-order valence-electron chi connectivity index (χ2n) is 2.36. The molecule has 0 aliphatic rings. The minimum absolute atomic E-state index is 0.101. The number of halogens is 2. The maximum absolute atomic E-state index is 5.83. The van der Waals surface area contributed by atoms with Crippen molar-refractivity contribution in [3.8, 4) is 5.75 Å². The van der Waals surface area contributed by atoms with Crippen LogP contribution in [0.1, 0.15) is 0 Å². The van der Waals surface area contributed by atoms with E-state index in [0.717, 1.165) is 0 Å². The van der Waals surface area contributed by atoms with Crippen molar-refractivity contribution < 1.29 is 9.47 Å². The van der Waals surface area contributed by atoms with Crippen molar-refractivity contribution in [1.29, 1.82) is 0 Å². The van der Waals surface area contributed by atoms with Crippen LogP contribution in [0.4, 0.5) is 5.69 Å². The van der Waals surface area contributed by atoms with Gasteiger partial charge in [-0.2, -0.15) is 0 Å². The SMILES string of the molecule is COCOc1c(Cl)cc(N)cc1Cl. The fourth-order valence-electron chi connectivity index (χ4n) is 0.835.